The molecule has 0 aliphatic carbocycles. The van der Waals surface area contributed by atoms with Crippen LogP contribution in [0.2, 0.25) is 0 Å². The molecule has 6 nitrogen and oxygen atoms in total. The molecule has 0 fully saturated rings. The molecule has 3 aromatic rings. The lowest BCUT2D eigenvalue weighted by atomic mass is 10.1. The standard InChI is InChI=1S/C21H20F3N3O3S2/c1-25-32(29,30)18-8-5-14(6-9-18)7-10-19(28)27-20-26-13-17(31-20)12-15-3-2-4-16(11-15)21(22,23)24/h2-6,8-9,11,13,25H,7,10,12H2,1H3,(H,26,27,28). The first-order valence-corrected chi connectivity index (χ1v) is 11.8. The number of nitrogens with zero attached hydrogens (tertiary/aromatic N) is 1. The van der Waals surface area contributed by atoms with Crippen LogP contribution in [-0.4, -0.2) is 26.4 Å². The lowest BCUT2D eigenvalue weighted by molar-refractivity contribution is -0.137. The Morgan fingerprint density at radius 1 is 1.09 bits per heavy atom. The van der Waals surface area contributed by atoms with Gasteiger partial charge in [-0.1, -0.05) is 30.3 Å². The number of nitrogens with one attached hydrogen (secondary N) is 2. The van der Waals surface area contributed by atoms with Crippen LogP contribution in [0.1, 0.15) is 28.0 Å². The van der Waals surface area contributed by atoms with Gasteiger partial charge in [-0.15, -0.1) is 11.3 Å². The summed E-state index contributed by atoms with van der Waals surface area (Å²) in [5.41, 5.74) is 0.606. The third-order valence-corrected chi connectivity index (χ3v) is 6.92. The summed E-state index contributed by atoms with van der Waals surface area (Å²) in [6.07, 6.45) is -2.01. The zero-order chi connectivity index (χ0) is 23.4. The molecule has 1 amide bonds. The molecule has 0 radical (unpaired) electrons. The molecule has 0 atom stereocenters. The van der Waals surface area contributed by atoms with Crippen molar-refractivity contribution >= 4 is 32.4 Å². The van der Waals surface area contributed by atoms with Crippen molar-refractivity contribution < 1.29 is 26.4 Å². The van der Waals surface area contributed by atoms with Gasteiger partial charge in [-0.3, -0.25) is 4.79 Å². The van der Waals surface area contributed by atoms with E-state index < -0.39 is 21.8 Å². The third-order valence-electron chi connectivity index (χ3n) is 4.58. The van der Waals surface area contributed by atoms with Gasteiger partial charge in [0.1, 0.15) is 0 Å². The highest BCUT2D eigenvalue weighted by Crippen LogP contribution is 2.30. The number of carbonyl (C=O) groups excluding carboxylic acids is 1. The third kappa shape index (κ3) is 6.38. The Bertz CT molecular complexity index is 1190. The molecule has 1 aromatic heterocycles. The number of rotatable bonds is 8. The number of hydrogen-bond donors (Lipinski definition) is 2. The molecule has 32 heavy (non-hydrogen) atoms. The van der Waals surface area contributed by atoms with Crippen molar-refractivity contribution in [3.8, 4) is 0 Å². The highest BCUT2D eigenvalue weighted by Gasteiger charge is 2.30. The Labute approximate surface area is 187 Å². The first-order chi connectivity index (χ1) is 15.1. The van der Waals surface area contributed by atoms with Gasteiger partial charge in [0.2, 0.25) is 15.9 Å². The molecule has 0 saturated heterocycles. The second-order valence-corrected chi connectivity index (χ2v) is 9.91. The second kappa shape index (κ2) is 9.80. The van der Waals surface area contributed by atoms with Gasteiger partial charge in [0.05, 0.1) is 10.5 Å². The van der Waals surface area contributed by atoms with Gasteiger partial charge in [0, 0.05) is 23.9 Å². The van der Waals surface area contributed by atoms with Crippen molar-refractivity contribution in [3.63, 3.8) is 0 Å². The van der Waals surface area contributed by atoms with E-state index in [0.717, 1.165) is 22.6 Å². The number of alkyl halides is 3. The monoisotopic (exact) mass is 483 g/mol. The van der Waals surface area contributed by atoms with E-state index in [-0.39, 0.29) is 23.6 Å². The Kier molecular flexibility index (Phi) is 7.32. The summed E-state index contributed by atoms with van der Waals surface area (Å²) in [5, 5.41) is 3.05. The SMILES string of the molecule is CNS(=O)(=O)c1ccc(CCC(=O)Nc2ncc(Cc3cccc(C(F)(F)F)c3)s2)cc1. The molecule has 2 N–H and O–H groups in total. The van der Waals surface area contributed by atoms with Crippen LogP contribution < -0.4 is 10.0 Å². The summed E-state index contributed by atoms with van der Waals surface area (Å²) in [6.45, 7) is 0. The fourth-order valence-electron chi connectivity index (χ4n) is 2.90. The van der Waals surface area contributed by atoms with Crippen molar-refractivity contribution in [3.05, 3.63) is 76.3 Å². The maximum absolute atomic E-state index is 12.9. The molecular weight excluding hydrogens is 463 g/mol. The molecule has 0 unspecified atom stereocenters. The van der Waals surface area contributed by atoms with E-state index in [9.17, 15) is 26.4 Å². The zero-order valence-electron chi connectivity index (χ0n) is 16.9. The quantitative estimate of drug-likeness (QED) is 0.502. The average Bonchev–Trinajstić information content (AvgIpc) is 3.18. The molecule has 0 aliphatic heterocycles. The molecule has 3 rings (SSSR count). The minimum absolute atomic E-state index is 0.143. The van der Waals surface area contributed by atoms with E-state index >= 15 is 0 Å². The molecule has 1 heterocycles. The Balaban J connectivity index is 1.54. The van der Waals surface area contributed by atoms with Crippen LogP contribution in [0, 0.1) is 0 Å². The van der Waals surface area contributed by atoms with Crippen LogP contribution in [0.25, 0.3) is 0 Å². The number of halogens is 3. The topological polar surface area (TPSA) is 88.2 Å². The number of anilines is 1. The van der Waals surface area contributed by atoms with E-state index in [1.165, 1.54) is 42.8 Å². The van der Waals surface area contributed by atoms with Crippen LogP contribution in [-0.2, 0) is 33.8 Å². The van der Waals surface area contributed by atoms with Crippen LogP contribution in [0.4, 0.5) is 18.3 Å². The number of amides is 1. The second-order valence-electron chi connectivity index (χ2n) is 6.91. The van der Waals surface area contributed by atoms with E-state index in [0.29, 0.717) is 17.1 Å². The number of carbonyl (C=O) groups is 1. The molecule has 0 aliphatic rings. The predicted octanol–water partition coefficient (Wildman–Crippen LogP) is 4.23. The molecular formula is C21H20F3N3O3S2. The highest BCUT2D eigenvalue weighted by atomic mass is 32.2. The minimum atomic E-state index is -4.40. The van der Waals surface area contributed by atoms with Crippen LogP contribution >= 0.6 is 11.3 Å². The highest BCUT2D eigenvalue weighted by molar-refractivity contribution is 7.89. The summed E-state index contributed by atoms with van der Waals surface area (Å²) in [7, 11) is -2.18. The smallest absolute Gasteiger partial charge is 0.302 e. The minimum Gasteiger partial charge on any atom is -0.302 e. The Hall–Kier alpha value is -2.76. The summed E-state index contributed by atoms with van der Waals surface area (Å²) >= 11 is 1.20. The van der Waals surface area contributed by atoms with E-state index in [2.05, 4.69) is 15.0 Å². The normalized spacial score (nSPS) is 12.0. The van der Waals surface area contributed by atoms with Gasteiger partial charge < -0.3 is 5.32 Å². The largest absolute Gasteiger partial charge is 0.416 e. The van der Waals surface area contributed by atoms with Crippen LogP contribution in [0.3, 0.4) is 0 Å². The predicted molar refractivity (Wildman–Crippen MR) is 116 cm³/mol. The van der Waals surface area contributed by atoms with Crippen molar-refractivity contribution in [2.24, 2.45) is 0 Å². The Morgan fingerprint density at radius 2 is 1.81 bits per heavy atom. The van der Waals surface area contributed by atoms with Crippen molar-refractivity contribution in [1.29, 1.82) is 0 Å². The lowest BCUT2D eigenvalue weighted by Crippen LogP contribution is -2.18. The number of hydrogen-bond acceptors (Lipinski definition) is 5. The van der Waals surface area contributed by atoms with Gasteiger partial charge in [-0.2, -0.15) is 13.2 Å². The van der Waals surface area contributed by atoms with Crippen molar-refractivity contribution in [2.75, 3.05) is 12.4 Å². The first-order valence-electron chi connectivity index (χ1n) is 9.50. The first kappa shape index (κ1) is 23.9. The van der Waals surface area contributed by atoms with Gasteiger partial charge in [-0.25, -0.2) is 18.1 Å². The number of benzene rings is 2. The van der Waals surface area contributed by atoms with Crippen molar-refractivity contribution in [2.45, 2.75) is 30.3 Å². The number of aromatic nitrogens is 1. The van der Waals surface area contributed by atoms with Crippen LogP contribution in [0.15, 0.2) is 59.6 Å². The Morgan fingerprint density at radius 3 is 2.47 bits per heavy atom. The zero-order valence-corrected chi connectivity index (χ0v) is 18.6. The lowest BCUT2D eigenvalue weighted by Gasteiger charge is -2.07. The molecule has 11 heteroatoms. The van der Waals surface area contributed by atoms with E-state index in [1.807, 2.05) is 0 Å². The number of aryl methyl sites for hydroxylation is 1. The number of sulfonamides is 1. The summed E-state index contributed by atoms with van der Waals surface area (Å²) in [5.74, 6) is -0.267. The summed E-state index contributed by atoms with van der Waals surface area (Å²) in [4.78, 5) is 17.2. The van der Waals surface area contributed by atoms with Gasteiger partial charge in [0.25, 0.3) is 0 Å². The van der Waals surface area contributed by atoms with E-state index in [1.54, 1.807) is 18.2 Å². The summed E-state index contributed by atoms with van der Waals surface area (Å²) < 4.78 is 64.2. The fourth-order valence-corrected chi connectivity index (χ4v) is 4.49. The van der Waals surface area contributed by atoms with Gasteiger partial charge >= 0.3 is 6.18 Å². The number of thiazole rings is 1. The van der Waals surface area contributed by atoms with Gasteiger partial charge in [-0.05, 0) is 42.8 Å². The van der Waals surface area contributed by atoms with Crippen LogP contribution in [0.5, 0.6) is 0 Å². The fraction of sp³-hybridized carbons (Fsp3) is 0.238. The molecule has 2 aromatic carbocycles. The average molecular weight is 484 g/mol. The molecule has 170 valence electrons. The van der Waals surface area contributed by atoms with E-state index in [4.69, 9.17) is 0 Å². The molecule has 0 saturated carbocycles. The summed E-state index contributed by atoms with van der Waals surface area (Å²) in [6, 6.07) is 11.3. The van der Waals surface area contributed by atoms with Gasteiger partial charge in [0.15, 0.2) is 5.13 Å². The molecule has 0 spiro atoms. The maximum Gasteiger partial charge on any atom is 0.416 e. The maximum atomic E-state index is 12.9. The van der Waals surface area contributed by atoms with Crippen molar-refractivity contribution in [1.82, 2.24) is 9.71 Å². The molecule has 0 bridgehead atoms.